The number of carboxylic acid groups (broad SMARTS) is 1. The first-order valence-electron chi connectivity index (χ1n) is 12.8. The third kappa shape index (κ3) is 5.72. The molecular weight excluding hydrogens is 562 g/mol. The van der Waals surface area contributed by atoms with Crippen molar-refractivity contribution in [2.45, 2.75) is 26.1 Å². The first-order valence-corrected chi connectivity index (χ1v) is 12.8. The van der Waals surface area contributed by atoms with Gasteiger partial charge in [-0.15, -0.1) is 0 Å². The quantitative estimate of drug-likeness (QED) is 0.142. The Bertz CT molecular complexity index is 2020. The number of nitrogens with two attached hydrogens (primary N) is 1. The van der Waals surface area contributed by atoms with Gasteiger partial charge in [0.1, 0.15) is 22.8 Å². The summed E-state index contributed by atoms with van der Waals surface area (Å²) in [7, 11) is 0. The van der Waals surface area contributed by atoms with Gasteiger partial charge in [-0.1, -0.05) is 36.4 Å². The smallest absolute Gasteiger partial charge is 0.448 e. The molecule has 0 spiro atoms. The van der Waals surface area contributed by atoms with Gasteiger partial charge < -0.3 is 26.8 Å². The van der Waals surface area contributed by atoms with Gasteiger partial charge in [0.2, 0.25) is 0 Å². The van der Waals surface area contributed by atoms with E-state index in [1.54, 1.807) is 43.3 Å². The largest absolute Gasteiger partial charge is 0.478 e. The number of amides is 2. The van der Waals surface area contributed by atoms with E-state index in [4.69, 9.17) is 10.8 Å². The van der Waals surface area contributed by atoms with E-state index in [2.05, 4.69) is 30.6 Å². The van der Waals surface area contributed by atoms with Crippen LogP contribution < -0.4 is 38.3 Å². The number of carbonyl (C=O) groups is 3. The van der Waals surface area contributed by atoms with Crippen LogP contribution >= 0.6 is 0 Å². The lowest BCUT2D eigenvalue weighted by Crippen LogP contribution is -2.36. The minimum atomic E-state index is -1.08. The number of aromatic carboxylic acids is 1. The molecule has 5 aromatic rings. The summed E-state index contributed by atoms with van der Waals surface area (Å²) in [5.41, 5.74) is 5.78. The predicted molar refractivity (Wildman–Crippen MR) is 152 cm³/mol. The fourth-order valence-corrected chi connectivity index (χ4v) is 4.30. The molecule has 218 valence electrons. The Hall–Kier alpha value is -6.12. The van der Waals surface area contributed by atoms with Crippen LogP contribution in [-0.2, 0) is 13.1 Å². The molecule has 0 fully saturated rings. The third-order valence-electron chi connectivity index (χ3n) is 6.65. The molecule has 0 aliphatic rings. The van der Waals surface area contributed by atoms with Crippen molar-refractivity contribution in [1.82, 2.24) is 25.2 Å². The second-order valence-corrected chi connectivity index (χ2v) is 9.54. The summed E-state index contributed by atoms with van der Waals surface area (Å²) in [4.78, 5) is 76.5. The molecule has 0 radical (unpaired) electrons. The van der Waals surface area contributed by atoms with Gasteiger partial charge in [-0.2, -0.15) is 0 Å². The molecule has 0 saturated heterocycles. The molecule has 15 nitrogen and oxygen atoms in total. The van der Waals surface area contributed by atoms with Gasteiger partial charge in [0.25, 0.3) is 28.4 Å². The van der Waals surface area contributed by atoms with Gasteiger partial charge in [-0.25, -0.2) is 19.0 Å². The minimum Gasteiger partial charge on any atom is -0.478 e. The highest BCUT2D eigenvalue weighted by Crippen LogP contribution is 2.16. The molecule has 0 bridgehead atoms. The molecule has 0 aliphatic heterocycles. The first-order chi connectivity index (χ1) is 20.5. The van der Waals surface area contributed by atoms with E-state index in [0.717, 1.165) is 16.0 Å². The molecule has 1 atom stereocenters. The molecule has 43 heavy (non-hydrogen) atoms. The molecule has 0 saturated carbocycles. The first kappa shape index (κ1) is 28.4. The van der Waals surface area contributed by atoms with Crippen molar-refractivity contribution in [2.24, 2.45) is 0 Å². The Balaban J connectivity index is 1.30. The number of carboxylic acids is 1. The number of anilines is 2. The van der Waals surface area contributed by atoms with Crippen LogP contribution in [0.4, 0.5) is 11.4 Å². The van der Waals surface area contributed by atoms with E-state index in [-0.39, 0.29) is 47.2 Å². The summed E-state index contributed by atoms with van der Waals surface area (Å²) in [6.07, 6.45) is 0. The number of hydrogen-bond donors (Lipinski definition) is 5. The summed E-state index contributed by atoms with van der Waals surface area (Å²) in [5.74, 6) is -3.75. The number of fused-ring (bicyclic) bond motifs is 1. The molecule has 0 aliphatic carbocycles. The fourth-order valence-electron chi connectivity index (χ4n) is 4.30. The molecule has 2 amide bonds. The average Bonchev–Trinajstić information content (AvgIpc) is 3.39. The van der Waals surface area contributed by atoms with Crippen LogP contribution in [0.2, 0.25) is 0 Å². The lowest BCUT2D eigenvalue weighted by molar-refractivity contribution is 0.0696. The number of nitrogens with one attached hydrogen (secondary N) is 3. The van der Waals surface area contributed by atoms with E-state index in [1.807, 2.05) is 0 Å². The molecule has 15 heteroatoms. The van der Waals surface area contributed by atoms with Gasteiger partial charge in [-0.3, -0.25) is 23.7 Å². The lowest BCUT2D eigenvalue weighted by Gasteiger charge is -2.15. The molecule has 0 unspecified atom stereocenters. The highest BCUT2D eigenvalue weighted by atomic mass is 16.5. The van der Waals surface area contributed by atoms with Gasteiger partial charge >= 0.3 is 11.7 Å². The van der Waals surface area contributed by atoms with Gasteiger partial charge in [0, 0.05) is 13.1 Å². The van der Waals surface area contributed by atoms with Crippen LogP contribution in [0, 0.1) is 0 Å². The summed E-state index contributed by atoms with van der Waals surface area (Å²) < 4.78 is 5.48. The minimum absolute atomic E-state index is 0.0314. The molecule has 6 N–H and O–H groups in total. The Kier molecular flexibility index (Phi) is 7.53. The highest BCUT2D eigenvalue weighted by molar-refractivity contribution is 5.98. The van der Waals surface area contributed by atoms with E-state index >= 15 is 0 Å². The van der Waals surface area contributed by atoms with Crippen LogP contribution in [0.5, 0.6) is 0 Å². The Morgan fingerprint density at radius 1 is 0.977 bits per heavy atom. The Morgan fingerprint density at radius 2 is 1.67 bits per heavy atom. The van der Waals surface area contributed by atoms with Crippen LogP contribution in [0.1, 0.15) is 61.0 Å². The molecule has 2 aromatic heterocycles. The summed E-state index contributed by atoms with van der Waals surface area (Å²) in [5, 5.41) is 20.8. The number of nitrogens with zero attached hydrogens (tertiary/aromatic N) is 3. The van der Waals surface area contributed by atoms with Gasteiger partial charge in [-0.05, 0) is 47.0 Å². The second kappa shape index (κ2) is 11.4. The third-order valence-corrected chi connectivity index (χ3v) is 6.65. The summed E-state index contributed by atoms with van der Waals surface area (Å²) in [6, 6.07) is 13.5. The SMILES string of the molecule is C[C@@H](NC(=O)c1cc(C(=O)NCc2cccc(CNc3c(N)c(=O)c3=O)c2)n2c(=O)onc2n1)c1ccc(C(=O)O)cc1. The van der Waals surface area contributed by atoms with E-state index in [0.29, 0.717) is 11.1 Å². The van der Waals surface area contributed by atoms with Crippen molar-refractivity contribution < 1.29 is 24.0 Å². The number of carbonyl (C=O) groups excluding carboxylic acids is 2. The number of hydrogen-bond acceptors (Lipinski definition) is 11. The van der Waals surface area contributed by atoms with E-state index in [1.165, 1.54) is 12.1 Å². The maximum Gasteiger partial charge on any atom is 0.448 e. The second-order valence-electron chi connectivity index (χ2n) is 9.54. The van der Waals surface area contributed by atoms with Crippen molar-refractivity contribution in [2.75, 3.05) is 11.1 Å². The summed E-state index contributed by atoms with van der Waals surface area (Å²) in [6.45, 7) is 1.92. The van der Waals surface area contributed by atoms with Crippen LogP contribution in [0.3, 0.4) is 0 Å². The van der Waals surface area contributed by atoms with Crippen molar-refractivity contribution in [3.63, 3.8) is 0 Å². The van der Waals surface area contributed by atoms with Gasteiger partial charge in [0.15, 0.2) is 0 Å². The van der Waals surface area contributed by atoms with Crippen molar-refractivity contribution in [3.8, 4) is 0 Å². The number of aromatic nitrogens is 3. The average molecular weight is 586 g/mol. The Labute approximate surface area is 240 Å². The summed E-state index contributed by atoms with van der Waals surface area (Å²) >= 11 is 0. The lowest BCUT2D eigenvalue weighted by atomic mass is 10.1. The predicted octanol–water partition coefficient (Wildman–Crippen LogP) is 0.592. The molecule has 3 aromatic carbocycles. The standard InChI is InChI=1S/C28H23N7O8/c1-13(16-5-7-17(8-6-16)26(40)41)32-24(38)18-10-19(35-27(33-18)34-43-28(35)42)25(39)31-12-15-4-2-3-14(9-15)11-30-21-20(29)22(36)23(21)37/h2-10,13,30H,11-12,29H2,1H3,(H,31,39)(H,32,38)(H,40,41)/t13-/m1/s1. The highest BCUT2D eigenvalue weighted by Gasteiger charge is 2.22. The normalized spacial score (nSPS) is 11.7. The van der Waals surface area contributed by atoms with E-state index in [9.17, 15) is 28.8 Å². The van der Waals surface area contributed by atoms with E-state index < -0.39 is 40.4 Å². The number of nitrogen functional groups attached to an aromatic ring is 1. The fraction of sp³-hybridized carbons (Fsp3) is 0.143. The topological polar surface area (TPSA) is 228 Å². The van der Waals surface area contributed by atoms with Crippen LogP contribution in [-0.4, -0.2) is 37.4 Å². The van der Waals surface area contributed by atoms with Crippen molar-refractivity contribution >= 4 is 34.9 Å². The Morgan fingerprint density at radius 3 is 2.35 bits per heavy atom. The number of benzene rings is 2. The van der Waals surface area contributed by atoms with Crippen molar-refractivity contribution in [1.29, 1.82) is 0 Å². The van der Waals surface area contributed by atoms with Crippen molar-refractivity contribution in [3.05, 3.63) is 119 Å². The zero-order valence-electron chi connectivity index (χ0n) is 22.4. The van der Waals surface area contributed by atoms with Crippen LogP contribution in [0.25, 0.3) is 5.78 Å². The molecule has 2 heterocycles. The monoisotopic (exact) mass is 585 g/mol. The maximum absolute atomic E-state index is 13.2. The molecular formula is C28H23N7O8. The maximum atomic E-state index is 13.2. The molecule has 5 rings (SSSR count). The zero-order chi connectivity index (χ0) is 30.8. The van der Waals surface area contributed by atoms with Gasteiger partial charge in [0.05, 0.1) is 11.6 Å². The number of rotatable bonds is 10. The van der Waals surface area contributed by atoms with Crippen LogP contribution in [0.15, 0.2) is 73.5 Å². The zero-order valence-corrected chi connectivity index (χ0v) is 22.4.